The van der Waals surface area contributed by atoms with Crippen LogP contribution in [0.5, 0.6) is 0 Å². The maximum atomic E-state index is 12.2. The van der Waals surface area contributed by atoms with E-state index >= 15 is 0 Å². The minimum absolute atomic E-state index is 0.147. The summed E-state index contributed by atoms with van der Waals surface area (Å²) >= 11 is 0. The van der Waals surface area contributed by atoms with Gasteiger partial charge < -0.3 is 4.74 Å². The number of alkyl halides is 3. The zero-order chi connectivity index (χ0) is 16.2. The van der Waals surface area contributed by atoms with Gasteiger partial charge >= 0.3 is 6.18 Å². The molecule has 0 radical (unpaired) electrons. The van der Waals surface area contributed by atoms with Gasteiger partial charge in [0, 0.05) is 6.04 Å². The third-order valence-corrected chi connectivity index (χ3v) is 5.02. The minimum Gasteiger partial charge on any atom is -0.369 e. The lowest BCUT2D eigenvalue weighted by Crippen LogP contribution is -2.41. The molecule has 1 aliphatic rings. The first-order valence-electron chi connectivity index (χ1n) is 7.02. The van der Waals surface area contributed by atoms with Crippen molar-refractivity contribution in [1.29, 1.82) is 0 Å². The second kappa shape index (κ2) is 6.97. The van der Waals surface area contributed by atoms with Gasteiger partial charge in [-0.25, -0.2) is 13.1 Å². The molecule has 0 spiro atoms. The smallest absolute Gasteiger partial charge is 0.369 e. The normalized spacial score (nSPS) is 23.4. The van der Waals surface area contributed by atoms with Gasteiger partial charge in [-0.3, -0.25) is 0 Å². The van der Waals surface area contributed by atoms with Gasteiger partial charge in [0.25, 0.3) is 0 Å². The largest absolute Gasteiger partial charge is 0.411 e. The predicted octanol–water partition coefficient (Wildman–Crippen LogP) is 2.86. The van der Waals surface area contributed by atoms with E-state index in [2.05, 4.69) is 4.72 Å². The van der Waals surface area contributed by atoms with Crippen molar-refractivity contribution in [1.82, 2.24) is 4.72 Å². The highest BCUT2D eigenvalue weighted by molar-refractivity contribution is 7.89. The van der Waals surface area contributed by atoms with E-state index in [1.165, 1.54) is 12.1 Å². The van der Waals surface area contributed by atoms with E-state index in [0.29, 0.717) is 19.3 Å². The van der Waals surface area contributed by atoms with Crippen LogP contribution in [-0.2, 0) is 14.8 Å². The molecule has 22 heavy (non-hydrogen) atoms. The molecule has 0 bridgehead atoms. The van der Waals surface area contributed by atoms with E-state index in [1.54, 1.807) is 18.2 Å². The molecule has 1 aliphatic carbocycles. The summed E-state index contributed by atoms with van der Waals surface area (Å²) in [6.45, 7) is -1.30. The number of halogens is 3. The van der Waals surface area contributed by atoms with Gasteiger partial charge in [0.2, 0.25) is 10.0 Å². The van der Waals surface area contributed by atoms with Gasteiger partial charge in [-0.2, -0.15) is 13.2 Å². The van der Waals surface area contributed by atoms with E-state index in [0.717, 1.165) is 0 Å². The lowest BCUT2D eigenvalue weighted by Gasteiger charge is -2.29. The van der Waals surface area contributed by atoms with Crippen LogP contribution in [0.3, 0.4) is 0 Å². The van der Waals surface area contributed by atoms with Crippen molar-refractivity contribution in [3.8, 4) is 0 Å². The number of rotatable bonds is 5. The van der Waals surface area contributed by atoms with E-state index in [-0.39, 0.29) is 11.3 Å². The van der Waals surface area contributed by atoms with Crippen LogP contribution < -0.4 is 4.72 Å². The topological polar surface area (TPSA) is 55.4 Å². The minimum atomic E-state index is -4.36. The first-order valence-corrected chi connectivity index (χ1v) is 8.50. The molecule has 0 saturated heterocycles. The first-order chi connectivity index (χ1) is 10.3. The molecule has 1 saturated carbocycles. The number of ether oxygens (including phenoxy) is 1. The molecule has 1 aromatic carbocycles. The van der Waals surface area contributed by atoms with Gasteiger partial charge in [0.05, 0.1) is 11.0 Å². The molecule has 2 rings (SSSR count). The van der Waals surface area contributed by atoms with Crippen molar-refractivity contribution in [2.75, 3.05) is 6.61 Å². The van der Waals surface area contributed by atoms with E-state index in [4.69, 9.17) is 4.74 Å². The number of hydrogen-bond donors (Lipinski definition) is 1. The number of hydrogen-bond acceptors (Lipinski definition) is 3. The molecule has 2 atom stereocenters. The molecule has 1 N–H and O–H groups in total. The van der Waals surface area contributed by atoms with Crippen LogP contribution >= 0.6 is 0 Å². The quantitative estimate of drug-likeness (QED) is 0.899. The van der Waals surface area contributed by atoms with Gasteiger partial charge in [0.1, 0.15) is 6.61 Å². The Kier molecular flexibility index (Phi) is 5.46. The fraction of sp³-hybridized carbons (Fsp3) is 0.571. The van der Waals surface area contributed by atoms with Gasteiger partial charge in [-0.1, -0.05) is 18.2 Å². The number of sulfonamides is 1. The van der Waals surface area contributed by atoms with Crippen LogP contribution in [0, 0.1) is 0 Å². The maximum Gasteiger partial charge on any atom is 0.411 e. The summed E-state index contributed by atoms with van der Waals surface area (Å²) in [5.41, 5.74) is 0. The second-order valence-electron chi connectivity index (χ2n) is 5.35. The second-order valence-corrected chi connectivity index (χ2v) is 7.06. The molecule has 0 amide bonds. The van der Waals surface area contributed by atoms with Crippen LogP contribution in [0.25, 0.3) is 0 Å². The Labute approximate surface area is 127 Å². The van der Waals surface area contributed by atoms with Crippen molar-refractivity contribution in [2.24, 2.45) is 0 Å². The highest BCUT2D eigenvalue weighted by atomic mass is 32.2. The zero-order valence-corrected chi connectivity index (χ0v) is 12.7. The summed E-state index contributed by atoms with van der Waals surface area (Å²) < 4.78 is 68.3. The summed E-state index contributed by atoms with van der Waals surface area (Å²) in [5, 5.41) is 0. The van der Waals surface area contributed by atoms with Crippen LogP contribution in [-0.4, -0.2) is 33.3 Å². The van der Waals surface area contributed by atoms with E-state index < -0.39 is 35.0 Å². The molecule has 2 unspecified atom stereocenters. The first kappa shape index (κ1) is 17.2. The van der Waals surface area contributed by atoms with Crippen molar-refractivity contribution in [3.63, 3.8) is 0 Å². The molecule has 8 heteroatoms. The van der Waals surface area contributed by atoms with Crippen LogP contribution in [0.4, 0.5) is 13.2 Å². The van der Waals surface area contributed by atoms with Crippen LogP contribution in [0.15, 0.2) is 35.2 Å². The van der Waals surface area contributed by atoms with Crippen molar-refractivity contribution in [2.45, 2.75) is 48.9 Å². The average molecular weight is 337 g/mol. The number of nitrogens with one attached hydrogen (secondary N) is 1. The van der Waals surface area contributed by atoms with E-state index in [9.17, 15) is 21.6 Å². The summed E-state index contributed by atoms with van der Waals surface area (Å²) in [4.78, 5) is 0.147. The average Bonchev–Trinajstić information content (AvgIpc) is 2.45. The molecule has 0 aliphatic heterocycles. The molecular weight excluding hydrogens is 319 g/mol. The summed E-state index contributed by atoms with van der Waals surface area (Å²) in [7, 11) is -3.65. The Morgan fingerprint density at radius 2 is 1.86 bits per heavy atom. The highest BCUT2D eigenvalue weighted by Gasteiger charge is 2.32. The summed E-state index contributed by atoms with van der Waals surface area (Å²) in [6, 6.07) is 7.49. The summed E-state index contributed by atoms with van der Waals surface area (Å²) in [5.74, 6) is 0. The third-order valence-electron chi connectivity index (χ3n) is 3.48. The van der Waals surface area contributed by atoms with Crippen LogP contribution in [0.2, 0.25) is 0 Å². The fourth-order valence-electron chi connectivity index (χ4n) is 2.50. The maximum absolute atomic E-state index is 12.2. The number of benzene rings is 1. The van der Waals surface area contributed by atoms with Gasteiger partial charge in [-0.15, -0.1) is 0 Å². The lowest BCUT2D eigenvalue weighted by molar-refractivity contribution is -0.188. The molecule has 0 heterocycles. The molecule has 4 nitrogen and oxygen atoms in total. The SMILES string of the molecule is O=S(=O)(NC1CCCC(OCC(F)(F)F)C1)c1ccccc1. The molecule has 124 valence electrons. The molecular formula is C14H18F3NO3S. The van der Waals surface area contributed by atoms with Crippen molar-refractivity contribution < 1.29 is 26.3 Å². The molecule has 0 aromatic heterocycles. The van der Waals surface area contributed by atoms with Gasteiger partial charge in [0.15, 0.2) is 0 Å². The lowest BCUT2D eigenvalue weighted by atomic mass is 9.93. The van der Waals surface area contributed by atoms with Gasteiger partial charge in [-0.05, 0) is 37.8 Å². The Morgan fingerprint density at radius 3 is 2.50 bits per heavy atom. The fourth-order valence-corrected chi connectivity index (χ4v) is 3.81. The Balaban J connectivity index is 1.93. The molecule has 1 fully saturated rings. The highest BCUT2D eigenvalue weighted by Crippen LogP contribution is 2.25. The van der Waals surface area contributed by atoms with Crippen molar-refractivity contribution in [3.05, 3.63) is 30.3 Å². The zero-order valence-electron chi connectivity index (χ0n) is 11.8. The Hall–Kier alpha value is -1.12. The van der Waals surface area contributed by atoms with Crippen LogP contribution in [0.1, 0.15) is 25.7 Å². The third kappa shape index (κ3) is 5.26. The monoisotopic (exact) mass is 337 g/mol. The predicted molar refractivity (Wildman–Crippen MR) is 74.8 cm³/mol. The molecule has 1 aromatic rings. The standard InChI is InChI=1S/C14H18F3NO3S/c15-14(16,17)10-21-12-6-4-5-11(9-12)18-22(19,20)13-7-2-1-3-8-13/h1-3,7-8,11-12,18H,4-6,9-10H2. The Bertz CT molecular complexity index is 575. The summed E-state index contributed by atoms with van der Waals surface area (Å²) in [6.07, 6.45) is -2.94. The Morgan fingerprint density at radius 1 is 1.18 bits per heavy atom. The van der Waals surface area contributed by atoms with E-state index in [1.807, 2.05) is 0 Å². The van der Waals surface area contributed by atoms with Crippen molar-refractivity contribution >= 4 is 10.0 Å².